The first kappa shape index (κ1) is 20.4. The molecule has 0 unspecified atom stereocenters. The zero-order chi connectivity index (χ0) is 19.9. The Kier molecular flexibility index (Phi) is 7.07. The molecule has 0 bridgehead atoms. The van der Waals surface area contributed by atoms with Crippen molar-refractivity contribution in [2.75, 3.05) is 0 Å². The van der Waals surface area contributed by atoms with Gasteiger partial charge < -0.3 is 10.2 Å². The quantitative estimate of drug-likeness (QED) is 0.625. The van der Waals surface area contributed by atoms with Gasteiger partial charge in [0.05, 0.1) is 11.1 Å². The van der Waals surface area contributed by atoms with E-state index in [1.807, 2.05) is 0 Å². The topological polar surface area (TPSA) is 74.6 Å². The maximum atomic E-state index is 12.0. The van der Waals surface area contributed by atoms with Gasteiger partial charge in [-0.05, 0) is 53.3 Å². The molecule has 2 aromatic rings. The average molecular weight is 383 g/mol. The molecule has 0 radical (unpaired) electrons. The Morgan fingerprint density at radius 2 is 1.29 bits per heavy atom. The summed E-state index contributed by atoms with van der Waals surface area (Å²) >= 11 is 0. The molecule has 1 aliphatic carbocycles. The van der Waals surface area contributed by atoms with E-state index >= 15 is 0 Å². The molecule has 1 aliphatic rings. The van der Waals surface area contributed by atoms with Crippen molar-refractivity contribution in [1.82, 2.24) is 0 Å². The molecule has 150 valence electrons. The highest BCUT2D eigenvalue weighted by Crippen LogP contribution is 2.37. The molecule has 0 aromatic heterocycles. The van der Waals surface area contributed by atoms with Gasteiger partial charge in [0.2, 0.25) is 0 Å². The van der Waals surface area contributed by atoms with E-state index in [-0.39, 0.29) is 11.5 Å². The first-order valence-electron chi connectivity index (χ1n) is 10.6. The molecule has 2 aromatic carbocycles. The molecule has 4 heteroatoms. The van der Waals surface area contributed by atoms with Crippen molar-refractivity contribution in [3.8, 4) is 0 Å². The second kappa shape index (κ2) is 9.72. The highest BCUT2D eigenvalue weighted by molar-refractivity contribution is 6.01. The van der Waals surface area contributed by atoms with Gasteiger partial charge in [-0.2, -0.15) is 0 Å². The van der Waals surface area contributed by atoms with Crippen LogP contribution in [0.3, 0.4) is 0 Å². The van der Waals surface area contributed by atoms with Crippen molar-refractivity contribution >= 4 is 22.7 Å². The van der Waals surface area contributed by atoms with Crippen LogP contribution in [-0.4, -0.2) is 22.2 Å². The maximum Gasteiger partial charge on any atom is 0.335 e. The van der Waals surface area contributed by atoms with Crippen molar-refractivity contribution in [3.63, 3.8) is 0 Å². The zero-order valence-electron chi connectivity index (χ0n) is 16.5. The lowest BCUT2D eigenvalue weighted by Crippen LogP contribution is -2.10. The summed E-state index contributed by atoms with van der Waals surface area (Å²) in [6, 6.07) is 8.44. The SMILES string of the molecule is O=C(O)c1ccc2c(C3CCCCCCCCCCC3)c(C(=O)O)ccc2c1. The minimum absolute atomic E-state index is 0.213. The van der Waals surface area contributed by atoms with Crippen LogP contribution >= 0.6 is 0 Å². The lowest BCUT2D eigenvalue weighted by atomic mass is 9.82. The van der Waals surface area contributed by atoms with Gasteiger partial charge >= 0.3 is 11.9 Å². The number of carbonyl (C=O) groups is 2. The summed E-state index contributed by atoms with van der Waals surface area (Å²) in [5.41, 5.74) is 1.51. The lowest BCUT2D eigenvalue weighted by Gasteiger charge is -2.22. The Bertz CT molecular complexity index is 828. The number of rotatable bonds is 3. The van der Waals surface area contributed by atoms with E-state index in [9.17, 15) is 19.8 Å². The van der Waals surface area contributed by atoms with Gasteiger partial charge in [-0.3, -0.25) is 0 Å². The number of carboxylic acids is 2. The predicted molar refractivity (Wildman–Crippen MR) is 111 cm³/mol. The van der Waals surface area contributed by atoms with Crippen molar-refractivity contribution in [2.45, 2.75) is 76.5 Å². The van der Waals surface area contributed by atoms with Gasteiger partial charge in [-0.25, -0.2) is 9.59 Å². The molecule has 1 saturated carbocycles. The summed E-state index contributed by atoms with van der Waals surface area (Å²) < 4.78 is 0. The fraction of sp³-hybridized carbons (Fsp3) is 0.500. The predicted octanol–water partition coefficient (Wildman–Crippen LogP) is 6.62. The third-order valence-electron chi connectivity index (χ3n) is 6.05. The van der Waals surface area contributed by atoms with E-state index in [1.165, 1.54) is 44.9 Å². The Labute approximate surface area is 166 Å². The molecule has 0 aliphatic heterocycles. The van der Waals surface area contributed by atoms with E-state index in [4.69, 9.17) is 0 Å². The molecule has 0 atom stereocenters. The highest BCUT2D eigenvalue weighted by atomic mass is 16.4. The first-order valence-corrected chi connectivity index (χ1v) is 10.6. The Hall–Kier alpha value is -2.36. The smallest absolute Gasteiger partial charge is 0.335 e. The molecule has 2 N–H and O–H groups in total. The highest BCUT2D eigenvalue weighted by Gasteiger charge is 2.22. The second-order valence-corrected chi connectivity index (χ2v) is 8.03. The van der Waals surface area contributed by atoms with Crippen LogP contribution in [0, 0.1) is 0 Å². The van der Waals surface area contributed by atoms with Crippen LogP contribution < -0.4 is 0 Å². The molecule has 0 saturated heterocycles. The molecule has 4 nitrogen and oxygen atoms in total. The van der Waals surface area contributed by atoms with Crippen LogP contribution in [0.15, 0.2) is 30.3 Å². The second-order valence-electron chi connectivity index (χ2n) is 8.03. The summed E-state index contributed by atoms with van der Waals surface area (Å²) in [7, 11) is 0. The standard InChI is InChI=1S/C24H30O4/c25-23(26)19-13-14-20-18(16-19)12-15-21(24(27)28)22(20)17-10-8-6-4-2-1-3-5-7-9-11-17/h12-17H,1-11H2,(H,25,26)(H,27,28). The van der Waals surface area contributed by atoms with Crippen LogP contribution in [0.5, 0.6) is 0 Å². The van der Waals surface area contributed by atoms with Crippen molar-refractivity contribution in [3.05, 3.63) is 47.0 Å². The molecule has 0 spiro atoms. The number of aromatic carboxylic acids is 2. The molecule has 0 heterocycles. The molecule has 3 rings (SSSR count). The number of benzene rings is 2. The number of fused-ring (bicyclic) bond motifs is 1. The summed E-state index contributed by atoms with van der Waals surface area (Å²) in [5.74, 6) is -1.65. The van der Waals surface area contributed by atoms with E-state index in [2.05, 4.69) is 0 Å². The lowest BCUT2D eigenvalue weighted by molar-refractivity contribution is 0.0685. The van der Waals surface area contributed by atoms with E-state index in [0.29, 0.717) is 5.56 Å². The Morgan fingerprint density at radius 1 is 0.714 bits per heavy atom. The van der Waals surface area contributed by atoms with Crippen LogP contribution in [0.25, 0.3) is 10.8 Å². The summed E-state index contributed by atoms with van der Waals surface area (Å²) in [4.78, 5) is 23.3. The van der Waals surface area contributed by atoms with Gasteiger partial charge in [-0.1, -0.05) is 69.9 Å². The minimum atomic E-state index is -0.961. The third-order valence-corrected chi connectivity index (χ3v) is 6.05. The monoisotopic (exact) mass is 382 g/mol. The largest absolute Gasteiger partial charge is 0.478 e. The van der Waals surface area contributed by atoms with Gasteiger partial charge in [0.25, 0.3) is 0 Å². The van der Waals surface area contributed by atoms with Crippen molar-refractivity contribution < 1.29 is 19.8 Å². The Balaban J connectivity index is 2.01. The Morgan fingerprint density at radius 3 is 1.82 bits per heavy atom. The van der Waals surface area contributed by atoms with Gasteiger partial charge in [0, 0.05) is 0 Å². The molecular formula is C24H30O4. The maximum absolute atomic E-state index is 12.0. The van der Waals surface area contributed by atoms with Crippen LogP contribution in [0.1, 0.15) is 103 Å². The van der Waals surface area contributed by atoms with Crippen LogP contribution in [-0.2, 0) is 0 Å². The molecule has 0 amide bonds. The fourth-order valence-corrected chi connectivity index (χ4v) is 4.57. The van der Waals surface area contributed by atoms with Crippen molar-refractivity contribution in [1.29, 1.82) is 0 Å². The van der Waals surface area contributed by atoms with E-state index < -0.39 is 11.9 Å². The summed E-state index contributed by atoms with van der Waals surface area (Å²) in [6.07, 6.45) is 13.1. The van der Waals surface area contributed by atoms with Crippen LogP contribution in [0.4, 0.5) is 0 Å². The van der Waals surface area contributed by atoms with Crippen LogP contribution in [0.2, 0.25) is 0 Å². The van der Waals surface area contributed by atoms with E-state index in [1.54, 1.807) is 30.3 Å². The average Bonchev–Trinajstić information content (AvgIpc) is 2.67. The third kappa shape index (κ3) is 4.92. The molecular weight excluding hydrogens is 352 g/mol. The fourth-order valence-electron chi connectivity index (χ4n) is 4.57. The normalized spacial score (nSPS) is 17.6. The minimum Gasteiger partial charge on any atom is -0.478 e. The number of hydrogen-bond acceptors (Lipinski definition) is 2. The summed E-state index contributed by atoms with van der Waals surface area (Å²) in [6.45, 7) is 0. The van der Waals surface area contributed by atoms with E-state index in [0.717, 1.165) is 42.0 Å². The van der Waals surface area contributed by atoms with Crippen molar-refractivity contribution in [2.24, 2.45) is 0 Å². The van der Waals surface area contributed by atoms with Gasteiger partial charge in [0.15, 0.2) is 0 Å². The van der Waals surface area contributed by atoms with Gasteiger partial charge in [-0.15, -0.1) is 0 Å². The molecule has 28 heavy (non-hydrogen) atoms. The first-order chi connectivity index (χ1) is 13.6. The van der Waals surface area contributed by atoms with Gasteiger partial charge in [0.1, 0.15) is 0 Å². The number of hydrogen-bond donors (Lipinski definition) is 2. The zero-order valence-corrected chi connectivity index (χ0v) is 16.5. The molecule has 1 fully saturated rings. The summed E-state index contributed by atoms with van der Waals surface area (Å²) in [5, 5.41) is 20.8. The number of carboxylic acid groups (broad SMARTS) is 2.